The van der Waals surface area contributed by atoms with E-state index in [0.29, 0.717) is 6.04 Å². The Bertz CT molecular complexity index is 591. The molecule has 0 amide bonds. The third kappa shape index (κ3) is 3.84. The summed E-state index contributed by atoms with van der Waals surface area (Å²) in [7, 11) is 3.38. The van der Waals surface area contributed by atoms with Gasteiger partial charge in [0.1, 0.15) is 11.5 Å². The maximum Gasteiger partial charge on any atom is 0.119 e. The van der Waals surface area contributed by atoms with E-state index in [-0.39, 0.29) is 6.04 Å². The Morgan fingerprint density at radius 2 is 1.61 bits per heavy atom. The third-order valence-corrected chi connectivity index (χ3v) is 4.19. The first-order chi connectivity index (χ1) is 11.3. The van der Waals surface area contributed by atoms with Gasteiger partial charge >= 0.3 is 0 Å². The highest BCUT2D eigenvalue weighted by Crippen LogP contribution is 2.28. The van der Waals surface area contributed by atoms with E-state index in [0.717, 1.165) is 31.1 Å². The van der Waals surface area contributed by atoms with Crippen molar-refractivity contribution in [1.82, 2.24) is 5.32 Å². The van der Waals surface area contributed by atoms with E-state index in [1.165, 1.54) is 11.1 Å². The highest BCUT2D eigenvalue weighted by atomic mass is 16.5. The molecule has 1 atom stereocenters. The standard InChI is InChI=1S/C19H23NO3/c1-21-17-7-3-5-14(11-17)19(20-16-9-10-23-13-16)15-6-4-8-18(12-15)22-2/h3-8,11-12,16,19-20H,9-10,13H2,1-2H3/t16-/m1/s1. The fraction of sp³-hybridized carbons (Fsp3) is 0.368. The lowest BCUT2D eigenvalue weighted by molar-refractivity contribution is 0.189. The molecule has 122 valence electrons. The van der Waals surface area contributed by atoms with Crippen LogP contribution in [-0.4, -0.2) is 33.5 Å². The Balaban J connectivity index is 1.94. The van der Waals surface area contributed by atoms with Crippen molar-refractivity contribution in [2.75, 3.05) is 27.4 Å². The van der Waals surface area contributed by atoms with E-state index in [1.807, 2.05) is 24.3 Å². The molecule has 4 nitrogen and oxygen atoms in total. The summed E-state index contributed by atoms with van der Waals surface area (Å²) in [5, 5.41) is 3.72. The van der Waals surface area contributed by atoms with Crippen molar-refractivity contribution in [2.45, 2.75) is 18.5 Å². The van der Waals surface area contributed by atoms with Crippen LogP contribution in [-0.2, 0) is 4.74 Å². The first kappa shape index (κ1) is 15.8. The molecule has 1 aliphatic rings. The van der Waals surface area contributed by atoms with E-state index in [4.69, 9.17) is 14.2 Å². The van der Waals surface area contributed by atoms with Crippen molar-refractivity contribution in [3.63, 3.8) is 0 Å². The summed E-state index contributed by atoms with van der Waals surface area (Å²) in [5.74, 6) is 1.72. The minimum Gasteiger partial charge on any atom is -0.497 e. The molecule has 0 aromatic heterocycles. The quantitative estimate of drug-likeness (QED) is 0.889. The third-order valence-electron chi connectivity index (χ3n) is 4.19. The van der Waals surface area contributed by atoms with Crippen LogP contribution >= 0.6 is 0 Å². The van der Waals surface area contributed by atoms with Gasteiger partial charge in [0.15, 0.2) is 0 Å². The minimum absolute atomic E-state index is 0.0758. The van der Waals surface area contributed by atoms with E-state index in [9.17, 15) is 0 Å². The SMILES string of the molecule is COc1cccc(C(N[C@@H]2CCOC2)c2cccc(OC)c2)c1. The Kier molecular flexibility index (Phi) is 5.16. The molecule has 0 unspecified atom stereocenters. The monoisotopic (exact) mass is 313 g/mol. The van der Waals surface area contributed by atoms with Crippen LogP contribution in [0.4, 0.5) is 0 Å². The van der Waals surface area contributed by atoms with Crippen molar-refractivity contribution in [2.24, 2.45) is 0 Å². The first-order valence-corrected chi connectivity index (χ1v) is 7.92. The maximum atomic E-state index is 5.51. The van der Waals surface area contributed by atoms with E-state index >= 15 is 0 Å². The van der Waals surface area contributed by atoms with E-state index in [1.54, 1.807) is 14.2 Å². The zero-order chi connectivity index (χ0) is 16.1. The Hall–Kier alpha value is -2.04. The molecule has 1 aliphatic heterocycles. The molecular weight excluding hydrogens is 290 g/mol. The summed E-state index contributed by atoms with van der Waals surface area (Å²) in [4.78, 5) is 0. The predicted octanol–water partition coefficient (Wildman–Crippen LogP) is 3.17. The lowest BCUT2D eigenvalue weighted by Crippen LogP contribution is -2.33. The van der Waals surface area contributed by atoms with Crippen LogP contribution in [0.1, 0.15) is 23.6 Å². The van der Waals surface area contributed by atoms with E-state index in [2.05, 4.69) is 29.6 Å². The average molecular weight is 313 g/mol. The average Bonchev–Trinajstić information content (AvgIpc) is 3.13. The lowest BCUT2D eigenvalue weighted by atomic mass is 9.97. The largest absolute Gasteiger partial charge is 0.497 e. The Labute approximate surface area is 137 Å². The van der Waals surface area contributed by atoms with Crippen LogP contribution in [0.3, 0.4) is 0 Å². The molecule has 0 aliphatic carbocycles. The Morgan fingerprint density at radius 3 is 2.09 bits per heavy atom. The van der Waals surface area contributed by atoms with Crippen molar-refractivity contribution in [1.29, 1.82) is 0 Å². The minimum atomic E-state index is 0.0758. The van der Waals surface area contributed by atoms with Gasteiger partial charge in [-0.05, 0) is 41.8 Å². The zero-order valence-corrected chi connectivity index (χ0v) is 13.6. The molecule has 2 aromatic carbocycles. The molecule has 1 heterocycles. The number of hydrogen-bond donors (Lipinski definition) is 1. The number of methoxy groups -OCH3 is 2. The van der Waals surface area contributed by atoms with Gasteiger partial charge in [0.25, 0.3) is 0 Å². The molecule has 0 saturated carbocycles. The first-order valence-electron chi connectivity index (χ1n) is 7.92. The molecule has 23 heavy (non-hydrogen) atoms. The number of rotatable bonds is 6. The Morgan fingerprint density at radius 1 is 1.00 bits per heavy atom. The molecule has 1 fully saturated rings. The van der Waals surface area contributed by atoms with Crippen molar-refractivity contribution < 1.29 is 14.2 Å². The van der Waals surface area contributed by atoms with Gasteiger partial charge in [-0.2, -0.15) is 0 Å². The summed E-state index contributed by atoms with van der Waals surface area (Å²) in [5.41, 5.74) is 2.34. The van der Waals surface area contributed by atoms with Gasteiger partial charge < -0.3 is 19.5 Å². The fourth-order valence-corrected chi connectivity index (χ4v) is 2.93. The van der Waals surface area contributed by atoms with Crippen LogP contribution in [0.25, 0.3) is 0 Å². The van der Waals surface area contributed by atoms with Gasteiger partial charge in [-0.3, -0.25) is 0 Å². The van der Waals surface area contributed by atoms with Crippen LogP contribution in [0.15, 0.2) is 48.5 Å². The molecule has 4 heteroatoms. The molecule has 0 bridgehead atoms. The van der Waals surface area contributed by atoms with Crippen LogP contribution in [0.2, 0.25) is 0 Å². The number of hydrogen-bond acceptors (Lipinski definition) is 4. The second kappa shape index (κ2) is 7.49. The number of benzene rings is 2. The number of nitrogens with one attached hydrogen (secondary N) is 1. The molecule has 3 rings (SSSR count). The second-order valence-corrected chi connectivity index (χ2v) is 5.71. The topological polar surface area (TPSA) is 39.7 Å². The second-order valence-electron chi connectivity index (χ2n) is 5.71. The summed E-state index contributed by atoms with van der Waals surface area (Å²) >= 11 is 0. The summed E-state index contributed by atoms with van der Waals surface area (Å²) in [6.45, 7) is 1.57. The van der Waals surface area contributed by atoms with Gasteiger partial charge in [-0.1, -0.05) is 24.3 Å². The normalized spacial score (nSPS) is 17.4. The highest BCUT2D eigenvalue weighted by molar-refractivity contribution is 5.39. The summed E-state index contributed by atoms with van der Waals surface area (Å²) in [6.07, 6.45) is 1.03. The van der Waals surface area contributed by atoms with Crippen LogP contribution in [0.5, 0.6) is 11.5 Å². The van der Waals surface area contributed by atoms with Crippen LogP contribution < -0.4 is 14.8 Å². The van der Waals surface area contributed by atoms with Crippen molar-refractivity contribution in [3.8, 4) is 11.5 Å². The molecule has 2 aromatic rings. The molecule has 0 spiro atoms. The van der Waals surface area contributed by atoms with E-state index < -0.39 is 0 Å². The zero-order valence-electron chi connectivity index (χ0n) is 13.6. The van der Waals surface area contributed by atoms with Crippen molar-refractivity contribution >= 4 is 0 Å². The lowest BCUT2D eigenvalue weighted by Gasteiger charge is -2.24. The van der Waals surface area contributed by atoms with Gasteiger partial charge in [-0.15, -0.1) is 0 Å². The van der Waals surface area contributed by atoms with Crippen LogP contribution in [0, 0.1) is 0 Å². The smallest absolute Gasteiger partial charge is 0.119 e. The fourth-order valence-electron chi connectivity index (χ4n) is 2.93. The molecule has 0 radical (unpaired) electrons. The summed E-state index contributed by atoms with van der Waals surface area (Å²) < 4.78 is 16.3. The summed E-state index contributed by atoms with van der Waals surface area (Å²) in [6, 6.07) is 16.8. The van der Waals surface area contributed by atoms with Gasteiger partial charge in [0.2, 0.25) is 0 Å². The predicted molar refractivity (Wildman–Crippen MR) is 90.2 cm³/mol. The molecular formula is C19H23NO3. The van der Waals surface area contributed by atoms with Crippen molar-refractivity contribution in [3.05, 3.63) is 59.7 Å². The molecule has 1 saturated heterocycles. The van der Waals surface area contributed by atoms with Gasteiger partial charge in [0, 0.05) is 12.6 Å². The highest BCUT2D eigenvalue weighted by Gasteiger charge is 2.22. The maximum absolute atomic E-state index is 5.51. The number of ether oxygens (including phenoxy) is 3. The van der Waals surface area contributed by atoms with Gasteiger partial charge in [-0.25, -0.2) is 0 Å². The molecule has 1 N–H and O–H groups in total. The van der Waals surface area contributed by atoms with Gasteiger partial charge in [0.05, 0.1) is 26.9 Å².